The number of hydrogen-bond acceptors (Lipinski definition) is 3. The van der Waals surface area contributed by atoms with Gasteiger partial charge in [0.1, 0.15) is 0 Å². The molecule has 0 unspecified atom stereocenters. The summed E-state index contributed by atoms with van der Waals surface area (Å²) in [4.78, 5) is 10.7. The molecule has 0 amide bonds. The summed E-state index contributed by atoms with van der Waals surface area (Å²) < 4.78 is 27.5. The van der Waals surface area contributed by atoms with Gasteiger partial charge in [0.15, 0.2) is 0 Å². The Balaban J connectivity index is 2.50. The third-order valence-electron chi connectivity index (χ3n) is 2.82. The molecular formula is C10H20N2O4S. The highest BCUT2D eigenvalue weighted by Crippen LogP contribution is 2.19. The van der Waals surface area contributed by atoms with Crippen LogP contribution in [0.5, 0.6) is 0 Å². The number of aliphatic carboxylic acids is 1. The molecule has 0 aliphatic carbocycles. The van der Waals surface area contributed by atoms with E-state index in [1.54, 1.807) is 0 Å². The smallest absolute Gasteiger partial charge is 0.306 e. The van der Waals surface area contributed by atoms with Crippen molar-refractivity contribution in [3.63, 3.8) is 0 Å². The van der Waals surface area contributed by atoms with E-state index >= 15 is 0 Å². The summed E-state index contributed by atoms with van der Waals surface area (Å²) in [6.45, 7) is 4.83. The van der Waals surface area contributed by atoms with E-state index in [2.05, 4.69) is 4.72 Å². The summed E-state index contributed by atoms with van der Waals surface area (Å²) in [6.07, 6.45) is 0.774. The molecule has 0 radical (unpaired) electrons. The highest BCUT2D eigenvalue weighted by Gasteiger charge is 2.30. The third-order valence-corrected chi connectivity index (χ3v) is 4.39. The van der Waals surface area contributed by atoms with Gasteiger partial charge in [-0.15, -0.1) is 0 Å². The first-order valence-electron chi connectivity index (χ1n) is 5.80. The Kier molecular flexibility index (Phi) is 4.91. The van der Waals surface area contributed by atoms with Crippen LogP contribution >= 0.6 is 0 Å². The first kappa shape index (κ1) is 14.4. The first-order valence-corrected chi connectivity index (χ1v) is 7.24. The zero-order valence-electron chi connectivity index (χ0n) is 10.2. The number of nitrogens with zero attached hydrogens (tertiary/aromatic N) is 1. The van der Waals surface area contributed by atoms with E-state index in [-0.39, 0.29) is 19.0 Å². The topological polar surface area (TPSA) is 86.7 Å². The van der Waals surface area contributed by atoms with Gasteiger partial charge in [-0.25, -0.2) is 4.72 Å². The molecule has 1 saturated heterocycles. The van der Waals surface area contributed by atoms with Gasteiger partial charge in [0, 0.05) is 19.6 Å². The second-order valence-corrected chi connectivity index (χ2v) is 6.51. The molecule has 0 saturated carbocycles. The Labute approximate surface area is 102 Å². The molecule has 0 aromatic rings. The Morgan fingerprint density at radius 2 is 1.94 bits per heavy atom. The molecule has 7 heteroatoms. The lowest BCUT2D eigenvalue weighted by Gasteiger charge is -2.29. The molecule has 6 nitrogen and oxygen atoms in total. The number of rotatable bonds is 5. The molecule has 1 aliphatic rings. The molecule has 0 aromatic carbocycles. The van der Waals surface area contributed by atoms with E-state index in [0.717, 1.165) is 0 Å². The molecule has 17 heavy (non-hydrogen) atoms. The normalized spacial score (nSPS) is 19.7. The number of hydrogen-bond donors (Lipinski definition) is 2. The largest absolute Gasteiger partial charge is 0.481 e. The summed E-state index contributed by atoms with van der Waals surface area (Å²) in [5.41, 5.74) is 0. The second-order valence-electron chi connectivity index (χ2n) is 4.76. The van der Waals surface area contributed by atoms with E-state index in [9.17, 15) is 13.2 Å². The van der Waals surface area contributed by atoms with Crippen LogP contribution < -0.4 is 4.72 Å². The standard InChI is InChI=1S/C10H20N2O4S/c1-8(2)7-11-17(15,16)12-5-3-9(4-6-12)10(13)14/h8-9,11H,3-7H2,1-2H3,(H,13,14). The minimum Gasteiger partial charge on any atom is -0.481 e. The zero-order valence-corrected chi connectivity index (χ0v) is 11.0. The number of piperidine rings is 1. The minimum absolute atomic E-state index is 0.251. The van der Waals surface area contributed by atoms with Gasteiger partial charge >= 0.3 is 5.97 Å². The third kappa shape index (κ3) is 4.25. The van der Waals surface area contributed by atoms with Crippen molar-refractivity contribution < 1.29 is 18.3 Å². The monoisotopic (exact) mass is 264 g/mol. The van der Waals surface area contributed by atoms with Gasteiger partial charge in [-0.1, -0.05) is 13.8 Å². The predicted octanol–water partition coefficient (Wildman–Crippen LogP) is 0.273. The summed E-state index contributed by atoms with van der Waals surface area (Å²) in [6, 6.07) is 0. The fourth-order valence-electron chi connectivity index (χ4n) is 1.71. The van der Waals surface area contributed by atoms with Crippen LogP contribution in [-0.2, 0) is 15.0 Å². The Morgan fingerprint density at radius 3 is 2.35 bits per heavy atom. The maximum Gasteiger partial charge on any atom is 0.306 e. The van der Waals surface area contributed by atoms with E-state index in [4.69, 9.17) is 5.11 Å². The van der Waals surface area contributed by atoms with Crippen LogP contribution in [-0.4, -0.2) is 43.4 Å². The number of carboxylic acid groups (broad SMARTS) is 1. The van der Waals surface area contributed by atoms with Gasteiger partial charge in [-0.3, -0.25) is 4.79 Å². The molecular weight excluding hydrogens is 244 g/mol. The maximum absolute atomic E-state index is 11.8. The van der Waals surface area contributed by atoms with Crippen molar-refractivity contribution in [3.05, 3.63) is 0 Å². The summed E-state index contributed by atoms with van der Waals surface area (Å²) in [5.74, 6) is -0.995. The van der Waals surface area contributed by atoms with Crippen LogP contribution in [0.2, 0.25) is 0 Å². The number of carbonyl (C=O) groups is 1. The number of carboxylic acids is 1. The van der Waals surface area contributed by atoms with E-state index < -0.39 is 22.1 Å². The van der Waals surface area contributed by atoms with Gasteiger partial charge in [0.2, 0.25) is 0 Å². The van der Waals surface area contributed by atoms with Gasteiger partial charge in [0.25, 0.3) is 10.2 Å². The van der Waals surface area contributed by atoms with Crippen LogP contribution in [0.15, 0.2) is 0 Å². The minimum atomic E-state index is -3.44. The Morgan fingerprint density at radius 1 is 1.41 bits per heavy atom. The molecule has 1 fully saturated rings. The maximum atomic E-state index is 11.8. The molecule has 1 aliphatic heterocycles. The Hall–Kier alpha value is -0.660. The molecule has 1 heterocycles. The molecule has 1 rings (SSSR count). The van der Waals surface area contributed by atoms with E-state index in [1.165, 1.54) is 4.31 Å². The van der Waals surface area contributed by atoms with Gasteiger partial charge in [-0.05, 0) is 18.8 Å². The fraction of sp³-hybridized carbons (Fsp3) is 0.900. The molecule has 0 atom stereocenters. The van der Waals surface area contributed by atoms with Crippen molar-refractivity contribution in [2.24, 2.45) is 11.8 Å². The summed E-state index contributed by atoms with van der Waals surface area (Å²) in [7, 11) is -3.44. The van der Waals surface area contributed by atoms with Crippen LogP contribution in [0.3, 0.4) is 0 Å². The van der Waals surface area contributed by atoms with Crippen LogP contribution in [0.4, 0.5) is 0 Å². The molecule has 0 spiro atoms. The summed E-state index contributed by atoms with van der Waals surface area (Å²) >= 11 is 0. The first-order chi connectivity index (χ1) is 7.83. The SMILES string of the molecule is CC(C)CNS(=O)(=O)N1CCC(C(=O)O)CC1. The quantitative estimate of drug-likeness (QED) is 0.746. The Bertz CT molecular complexity index is 359. The molecule has 0 aromatic heterocycles. The van der Waals surface area contributed by atoms with Gasteiger partial charge in [-0.2, -0.15) is 12.7 Å². The predicted molar refractivity (Wildman–Crippen MR) is 63.7 cm³/mol. The lowest BCUT2D eigenvalue weighted by molar-refractivity contribution is -0.142. The van der Waals surface area contributed by atoms with Crippen molar-refractivity contribution in [2.45, 2.75) is 26.7 Å². The second kappa shape index (κ2) is 5.79. The summed E-state index contributed by atoms with van der Waals surface area (Å²) in [5, 5.41) is 8.82. The average Bonchev–Trinajstić information content (AvgIpc) is 2.27. The van der Waals surface area contributed by atoms with Crippen molar-refractivity contribution in [3.8, 4) is 0 Å². The fourth-order valence-corrected chi connectivity index (χ4v) is 3.12. The zero-order chi connectivity index (χ0) is 13.1. The highest BCUT2D eigenvalue weighted by atomic mass is 32.2. The van der Waals surface area contributed by atoms with Crippen molar-refractivity contribution in [1.82, 2.24) is 9.03 Å². The average molecular weight is 264 g/mol. The van der Waals surface area contributed by atoms with Gasteiger partial charge < -0.3 is 5.11 Å². The van der Waals surface area contributed by atoms with Crippen molar-refractivity contribution in [1.29, 1.82) is 0 Å². The van der Waals surface area contributed by atoms with E-state index in [0.29, 0.717) is 19.4 Å². The molecule has 100 valence electrons. The highest BCUT2D eigenvalue weighted by molar-refractivity contribution is 7.87. The van der Waals surface area contributed by atoms with E-state index in [1.807, 2.05) is 13.8 Å². The van der Waals surface area contributed by atoms with Gasteiger partial charge in [0.05, 0.1) is 5.92 Å². The van der Waals surface area contributed by atoms with Crippen LogP contribution in [0.25, 0.3) is 0 Å². The number of nitrogens with one attached hydrogen (secondary N) is 1. The van der Waals surface area contributed by atoms with Crippen LogP contribution in [0.1, 0.15) is 26.7 Å². The van der Waals surface area contributed by atoms with Crippen molar-refractivity contribution in [2.75, 3.05) is 19.6 Å². The lowest BCUT2D eigenvalue weighted by Crippen LogP contribution is -2.46. The van der Waals surface area contributed by atoms with Crippen LogP contribution in [0, 0.1) is 11.8 Å². The lowest BCUT2D eigenvalue weighted by atomic mass is 9.99. The molecule has 0 bridgehead atoms. The molecule has 2 N–H and O–H groups in total. The van der Waals surface area contributed by atoms with Crippen molar-refractivity contribution >= 4 is 16.2 Å².